The molecule has 0 fully saturated rings. The number of rotatable bonds is 3. The summed E-state index contributed by atoms with van der Waals surface area (Å²) in [6.07, 6.45) is 7.42. The lowest BCUT2D eigenvalue weighted by Crippen LogP contribution is -2.37. The van der Waals surface area contributed by atoms with Gasteiger partial charge in [0, 0.05) is 23.8 Å². The van der Waals surface area contributed by atoms with E-state index in [-0.39, 0.29) is 5.54 Å². The smallest absolute Gasteiger partial charge is 0.0350 e. The molecule has 0 aromatic rings. The monoisotopic (exact) mass is 194 g/mol. The Bertz CT molecular complexity index is 249. The van der Waals surface area contributed by atoms with E-state index in [4.69, 9.17) is 5.73 Å². The van der Waals surface area contributed by atoms with Crippen molar-refractivity contribution < 1.29 is 0 Å². The van der Waals surface area contributed by atoms with Gasteiger partial charge in [-0.15, -0.1) is 0 Å². The second kappa shape index (κ2) is 4.18. The number of likely N-dealkylation sites (N-methyl/N-ethyl adjacent to an activating group) is 1. The lowest BCUT2D eigenvalue weighted by Gasteiger charge is -2.32. The van der Waals surface area contributed by atoms with Crippen molar-refractivity contribution in [3.05, 3.63) is 23.9 Å². The molecule has 0 aromatic heterocycles. The highest BCUT2D eigenvalue weighted by atomic mass is 15.1. The van der Waals surface area contributed by atoms with Crippen molar-refractivity contribution in [3.63, 3.8) is 0 Å². The normalized spacial score (nSPS) is 26.6. The van der Waals surface area contributed by atoms with Crippen molar-refractivity contribution in [2.75, 3.05) is 6.54 Å². The van der Waals surface area contributed by atoms with E-state index in [1.54, 1.807) is 0 Å². The lowest BCUT2D eigenvalue weighted by atomic mass is 9.93. The van der Waals surface area contributed by atoms with Crippen molar-refractivity contribution >= 4 is 0 Å². The highest BCUT2D eigenvalue weighted by Crippen LogP contribution is 2.21. The summed E-state index contributed by atoms with van der Waals surface area (Å²) in [6.45, 7) is 9.73. The van der Waals surface area contributed by atoms with Gasteiger partial charge in [-0.2, -0.15) is 0 Å². The van der Waals surface area contributed by atoms with Crippen molar-refractivity contribution in [2.45, 2.75) is 45.7 Å². The molecule has 1 unspecified atom stereocenters. The molecule has 0 bridgehead atoms. The maximum atomic E-state index is 6.01. The van der Waals surface area contributed by atoms with Gasteiger partial charge in [-0.1, -0.05) is 12.2 Å². The van der Waals surface area contributed by atoms with Gasteiger partial charge in [0.25, 0.3) is 0 Å². The number of nitrogens with zero attached hydrogens (tertiary/aromatic N) is 1. The van der Waals surface area contributed by atoms with Crippen LogP contribution in [0.1, 0.15) is 34.1 Å². The average molecular weight is 194 g/mol. The summed E-state index contributed by atoms with van der Waals surface area (Å²) in [7, 11) is 0. The number of hydrogen-bond donors (Lipinski definition) is 1. The van der Waals surface area contributed by atoms with E-state index in [9.17, 15) is 0 Å². The fraction of sp³-hybridized carbons (Fsp3) is 0.667. The molecule has 2 N–H and O–H groups in total. The van der Waals surface area contributed by atoms with Gasteiger partial charge in [0.05, 0.1) is 0 Å². The molecule has 0 heterocycles. The fourth-order valence-corrected chi connectivity index (χ4v) is 1.80. The first-order valence-corrected chi connectivity index (χ1v) is 5.41. The number of nitrogens with two attached hydrogens (primary N) is 1. The van der Waals surface area contributed by atoms with Crippen molar-refractivity contribution in [1.29, 1.82) is 0 Å². The molecule has 1 atom stereocenters. The molecule has 1 aliphatic rings. The molecule has 0 saturated heterocycles. The van der Waals surface area contributed by atoms with Gasteiger partial charge in [0.2, 0.25) is 0 Å². The van der Waals surface area contributed by atoms with E-state index < -0.39 is 0 Å². The molecule has 2 heteroatoms. The molecular weight excluding hydrogens is 172 g/mol. The molecule has 0 spiro atoms. The predicted octanol–water partition coefficient (Wildman–Crippen LogP) is 2.28. The highest BCUT2D eigenvalue weighted by Gasteiger charge is 2.19. The van der Waals surface area contributed by atoms with Gasteiger partial charge >= 0.3 is 0 Å². The summed E-state index contributed by atoms with van der Waals surface area (Å²) < 4.78 is 0. The Hall–Kier alpha value is -0.760. The summed E-state index contributed by atoms with van der Waals surface area (Å²) in [6, 6.07) is 0.554. The number of allylic oxidation sites excluding steroid dienone is 1. The minimum Gasteiger partial charge on any atom is -0.370 e. The Morgan fingerprint density at radius 2 is 2.21 bits per heavy atom. The van der Waals surface area contributed by atoms with Crippen LogP contribution in [0.4, 0.5) is 0 Å². The molecule has 80 valence electrons. The highest BCUT2D eigenvalue weighted by molar-refractivity contribution is 5.27. The summed E-state index contributed by atoms with van der Waals surface area (Å²) in [4.78, 5) is 2.38. The van der Waals surface area contributed by atoms with Crippen molar-refractivity contribution in [1.82, 2.24) is 4.90 Å². The third-order valence-electron chi connectivity index (χ3n) is 2.68. The van der Waals surface area contributed by atoms with Crippen LogP contribution in [0.5, 0.6) is 0 Å². The molecule has 2 nitrogen and oxygen atoms in total. The zero-order valence-electron chi connectivity index (χ0n) is 9.75. The predicted molar refractivity (Wildman–Crippen MR) is 61.9 cm³/mol. The van der Waals surface area contributed by atoms with Gasteiger partial charge in [-0.05, 0) is 40.2 Å². The molecule has 0 saturated carbocycles. The van der Waals surface area contributed by atoms with Crippen LogP contribution in [0.2, 0.25) is 0 Å². The van der Waals surface area contributed by atoms with Crippen LogP contribution in [-0.4, -0.2) is 23.0 Å². The van der Waals surface area contributed by atoms with Gasteiger partial charge < -0.3 is 10.6 Å². The van der Waals surface area contributed by atoms with E-state index in [2.05, 4.69) is 50.8 Å². The van der Waals surface area contributed by atoms with Crippen molar-refractivity contribution in [3.8, 4) is 0 Å². The third kappa shape index (κ3) is 2.61. The van der Waals surface area contributed by atoms with Crippen LogP contribution in [0.15, 0.2) is 23.9 Å². The molecule has 1 rings (SSSR count). The van der Waals surface area contributed by atoms with Gasteiger partial charge in [-0.25, -0.2) is 0 Å². The Kier molecular flexibility index (Phi) is 3.38. The fourth-order valence-electron chi connectivity index (χ4n) is 1.80. The first kappa shape index (κ1) is 11.3. The summed E-state index contributed by atoms with van der Waals surface area (Å²) in [5.41, 5.74) is 7.17. The molecule has 0 aliphatic heterocycles. The minimum atomic E-state index is -0.153. The standard InChI is InChI=1S/C12H22N2/c1-5-14(10(2)3)11-6-8-12(4,13)9-7-11/h6-8,10H,5,9,13H2,1-4H3. The first-order valence-electron chi connectivity index (χ1n) is 5.41. The largest absolute Gasteiger partial charge is 0.370 e. The maximum Gasteiger partial charge on any atom is 0.0350 e. The second-order valence-electron chi connectivity index (χ2n) is 4.55. The van der Waals surface area contributed by atoms with Crippen LogP contribution in [0.3, 0.4) is 0 Å². The second-order valence-corrected chi connectivity index (χ2v) is 4.55. The summed E-state index contributed by atoms with van der Waals surface area (Å²) >= 11 is 0. The average Bonchev–Trinajstić information content (AvgIpc) is 2.08. The topological polar surface area (TPSA) is 29.3 Å². The van der Waals surface area contributed by atoms with E-state index in [0.717, 1.165) is 13.0 Å². The van der Waals surface area contributed by atoms with E-state index in [1.165, 1.54) is 5.70 Å². The Labute approximate surface area is 87.5 Å². The van der Waals surface area contributed by atoms with E-state index in [0.29, 0.717) is 6.04 Å². The molecule has 0 amide bonds. The Balaban J connectivity index is 2.72. The molecule has 0 aromatic carbocycles. The summed E-state index contributed by atoms with van der Waals surface area (Å²) in [5, 5.41) is 0. The van der Waals surface area contributed by atoms with Gasteiger partial charge in [0.15, 0.2) is 0 Å². The molecule has 0 radical (unpaired) electrons. The van der Waals surface area contributed by atoms with Crippen LogP contribution in [-0.2, 0) is 0 Å². The van der Waals surface area contributed by atoms with Crippen LogP contribution >= 0.6 is 0 Å². The van der Waals surface area contributed by atoms with Gasteiger partial charge in [-0.3, -0.25) is 0 Å². The zero-order chi connectivity index (χ0) is 10.8. The molecule has 1 aliphatic carbocycles. The molecular formula is C12H22N2. The quantitative estimate of drug-likeness (QED) is 0.747. The zero-order valence-corrected chi connectivity index (χ0v) is 9.75. The van der Waals surface area contributed by atoms with E-state index >= 15 is 0 Å². The Morgan fingerprint density at radius 1 is 1.57 bits per heavy atom. The maximum absolute atomic E-state index is 6.01. The van der Waals surface area contributed by atoms with Crippen molar-refractivity contribution in [2.24, 2.45) is 5.73 Å². The van der Waals surface area contributed by atoms with Gasteiger partial charge in [0.1, 0.15) is 0 Å². The van der Waals surface area contributed by atoms with Crippen LogP contribution in [0.25, 0.3) is 0 Å². The van der Waals surface area contributed by atoms with E-state index in [1.807, 2.05) is 0 Å². The summed E-state index contributed by atoms with van der Waals surface area (Å²) in [5.74, 6) is 0. The number of hydrogen-bond acceptors (Lipinski definition) is 2. The minimum absolute atomic E-state index is 0.153. The third-order valence-corrected chi connectivity index (χ3v) is 2.68. The first-order chi connectivity index (χ1) is 6.46. The lowest BCUT2D eigenvalue weighted by molar-refractivity contribution is 0.303. The SMILES string of the molecule is CCN(C1=CCC(C)(N)C=C1)C(C)C. The van der Waals surface area contributed by atoms with Crippen LogP contribution in [0, 0.1) is 0 Å². The Morgan fingerprint density at radius 3 is 2.57 bits per heavy atom. The van der Waals surface area contributed by atoms with Crippen LogP contribution < -0.4 is 5.73 Å². The molecule has 14 heavy (non-hydrogen) atoms.